The van der Waals surface area contributed by atoms with E-state index in [-0.39, 0.29) is 5.91 Å². The number of rotatable bonds is 3. The summed E-state index contributed by atoms with van der Waals surface area (Å²) in [5.74, 6) is 1.56. The molecule has 2 fully saturated rings. The van der Waals surface area contributed by atoms with Crippen LogP contribution >= 0.6 is 0 Å². The first-order valence-corrected chi connectivity index (χ1v) is 10.7. The highest BCUT2D eigenvalue weighted by Gasteiger charge is 2.26. The van der Waals surface area contributed by atoms with Crippen LogP contribution in [0.5, 0.6) is 0 Å². The quantitative estimate of drug-likeness (QED) is 0.643. The predicted molar refractivity (Wildman–Crippen MR) is 114 cm³/mol. The summed E-state index contributed by atoms with van der Waals surface area (Å²) in [6, 6.07) is 8.06. The van der Waals surface area contributed by atoms with Crippen molar-refractivity contribution in [2.45, 2.75) is 51.4 Å². The Morgan fingerprint density at radius 3 is 2.41 bits per heavy atom. The monoisotopic (exact) mass is 386 g/mol. The molecule has 2 aromatic heterocycles. The molecule has 1 amide bonds. The molecule has 3 heterocycles. The van der Waals surface area contributed by atoms with Gasteiger partial charge in [0.1, 0.15) is 5.82 Å². The third-order valence-corrected chi connectivity index (χ3v) is 6.00. The number of likely N-dealkylation sites (tertiary alicyclic amines) is 1. The van der Waals surface area contributed by atoms with E-state index in [1.165, 1.54) is 25.7 Å². The lowest BCUT2D eigenvalue weighted by Gasteiger charge is -2.21. The number of aryl methyl sites for hydroxylation is 1. The van der Waals surface area contributed by atoms with Gasteiger partial charge in [-0.3, -0.25) is 4.79 Å². The standard InChI is InChI=1S/C24H26N4O/c1-16-6-9-21-19(12-16)20(24(29)28-10-4-2-3-5-11-28)13-22(27-21)18-14-25-23(26-15-18)17-7-8-17/h6,9,12-15,17H,2-5,7-8,10-11H2,1H3. The number of nitrogens with zero attached hydrogens (tertiary/aromatic N) is 4. The summed E-state index contributed by atoms with van der Waals surface area (Å²) in [5.41, 5.74) is 4.34. The molecule has 1 saturated carbocycles. The van der Waals surface area contributed by atoms with Crippen LogP contribution in [0.15, 0.2) is 36.7 Å². The zero-order valence-electron chi connectivity index (χ0n) is 16.9. The van der Waals surface area contributed by atoms with Gasteiger partial charge in [0, 0.05) is 42.4 Å². The number of hydrogen-bond donors (Lipinski definition) is 0. The third-order valence-electron chi connectivity index (χ3n) is 6.00. The molecule has 2 aliphatic rings. The van der Waals surface area contributed by atoms with E-state index in [4.69, 9.17) is 4.98 Å². The Morgan fingerprint density at radius 2 is 1.72 bits per heavy atom. The molecule has 0 radical (unpaired) electrons. The summed E-state index contributed by atoms with van der Waals surface area (Å²) >= 11 is 0. The lowest BCUT2D eigenvalue weighted by Crippen LogP contribution is -2.32. The maximum Gasteiger partial charge on any atom is 0.254 e. The number of aromatic nitrogens is 3. The van der Waals surface area contributed by atoms with E-state index in [0.29, 0.717) is 5.92 Å². The molecule has 1 saturated heterocycles. The molecular weight excluding hydrogens is 360 g/mol. The Hall–Kier alpha value is -2.82. The van der Waals surface area contributed by atoms with E-state index < -0.39 is 0 Å². The highest BCUT2D eigenvalue weighted by Crippen LogP contribution is 2.38. The summed E-state index contributed by atoms with van der Waals surface area (Å²) in [5, 5.41) is 0.929. The lowest BCUT2D eigenvalue weighted by molar-refractivity contribution is 0.0763. The van der Waals surface area contributed by atoms with Crippen LogP contribution in [0, 0.1) is 6.92 Å². The summed E-state index contributed by atoms with van der Waals surface area (Å²) in [6.45, 7) is 3.73. The second-order valence-corrected chi connectivity index (χ2v) is 8.39. The van der Waals surface area contributed by atoms with Crippen molar-refractivity contribution in [3.63, 3.8) is 0 Å². The number of benzene rings is 1. The van der Waals surface area contributed by atoms with Crippen LogP contribution in [0.2, 0.25) is 0 Å². The van der Waals surface area contributed by atoms with Crippen LogP contribution in [0.25, 0.3) is 22.2 Å². The molecule has 0 bridgehead atoms. The zero-order valence-corrected chi connectivity index (χ0v) is 16.9. The number of amides is 1. The van der Waals surface area contributed by atoms with E-state index in [1.807, 2.05) is 35.5 Å². The van der Waals surface area contributed by atoms with Crippen LogP contribution in [-0.4, -0.2) is 38.8 Å². The number of fused-ring (bicyclic) bond motifs is 1. The molecule has 29 heavy (non-hydrogen) atoms. The van der Waals surface area contributed by atoms with Gasteiger partial charge in [0.25, 0.3) is 5.91 Å². The van der Waals surface area contributed by atoms with Gasteiger partial charge >= 0.3 is 0 Å². The fourth-order valence-electron chi connectivity index (χ4n) is 4.13. The fourth-order valence-corrected chi connectivity index (χ4v) is 4.13. The minimum atomic E-state index is 0.113. The van der Waals surface area contributed by atoms with Crippen LogP contribution in [0.4, 0.5) is 0 Å². The highest BCUT2D eigenvalue weighted by molar-refractivity contribution is 6.07. The number of pyridine rings is 1. The van der Waals surface area contributed by atoms with Crippen molar-refractivity contribution in [2.75, 3.05) is 13.1 Å². The van der Waals surface area contributed by atoms with Gasteiger partial charge in [0.2, 0.25) is 0 Å². The van der Waals surface area contributed by atoms with Crippen molar-refractivity contribution in [1.82, 2.24) is 19.9 Å². The number of hydrogen-bond acceptors (Lipinski definition) is 4. The molecule has 0 N–H and O–H groups in total. The van der Waals surface area contributed by atoms with Gasteiger partial charge in [-0.15, -0.1) is 0 Å². The molecule has 5 nitrogen and oxygen atoms in total. The van der Waals surface area contributed by atoms with Crippen molar-refractivity contribution >= 4 is 16.8 Å². The molecule has 1 aliphatic carbocycles. The summed E-state index contributed by atoms with van der Waals surface area (Å²) < 4.78 is 0. The Kier molecular flexibility index (Phi) is 4.74. The van der Waals surface area contributed by atoms with E-state index in [9.17, 15) is 4.79 Å². The first kappa shape index (κ1) is 18.2. The molecule has 5 rings (SSSR count). The largest absolute Gasteiger partial charge is 0.339 e. The number of carbonyl (C=O) groups excluding carboxylic acids is 1. The average molecular weight is 386 g/mol. The molecule has 3 aromatic rings. The maximum absolute atomic E-state index is 13.5. The van der Waals surface area contributed by atoms with Gasteiger partial charge in [0.15, 0.2) is 0 Å². The maximum atomic E-state index is 13.5. The van der Waals surface area contributed by atoms with E-state index in [1.54, 1.807) is 0 Å². The minimum Gasteiger partial charge on any atom is -0.339 e. The minimum absolute atomic E-state index is 0.113. The van der Waals surface area contributed by atoms with Gasteiger partial charge in [0.05, 0.1) is 16.8 Å². The van der Waals surface area contributed by atoms with Crippen molar-refractivity contribution < 1.29 is 4.79 Å². The molecule has 0 unspecified atom stereocenters. The molecule has 1 aliphatic heterocycles. The fraction of sp³-hybridized carbons (Fsp3) is 0.417. The molecule has 0 atom stereocenters. The van der Waals surface area contributed by atoms with Crippen LogP contribution in [0.1, 0.15) is 66.2 Å². The molecular formula is C24H26N4O. The van der Waals surface area contributed by atoms with E-state index >= 15 is 0 Å². The second-order valence-electron chi connectivity index (χ2n) is 8.39. The molecule has 1 aromatic carbocycles. The predicted octanol–water partition coefficient (Wildman–Crippen LogP) is 4.89. The lowest BCUT2D eigenvalue weighted by atomic mass is 10.0. The van der Waals surface area contributed by atoms with Gasteiger partial charge in [-0.25, -0.2) is 15.0 Å². The van der Waals surface area contributed by atoms with Crippen molar-refractivity contribution in [2.24, 2.45) is 0 Å². The van der Waals surface area contributed by atoms with Gasteiger partial charge in [-0.2, -0.15) is 0 Å². The van der Waals surface area contributed by atoms with Gasteiger partial charge in [-0.05, 0) is 50.8 Å². The van der Waals surface area contributed by atoms with E-state index in [0.717, 1.165) is 65.0 Å². The zero-order chi connectivity index (χ0) is 19.8. The Bertz CT molecular complexity index is 1050. The third kappa shape index (κ3) is 3.74. The summed E-state index contributed by atoms with van der Waals surface area (Å²) in [7, 11) is 0. The second kappa shape index (κ2) is 7.54. The normalized spacial score (nSPS) is 17.3. The SMILES string of the molecule is Cc1ccc2nc(-c3cnc(C4CC4)nc3)cc(C(=O)N3CCCCCC3)c2c1. The topological polar surface area (TPSA) is 59.0 Å². The molecule has 0 spiro atoms. The first-order chi connectivity index (χ1) is 14.2. The van der Waals surface area contributed by atoms with Crippen molar-refractivity contribution in [1.29, 1.82) is 0 Å². The van der Waals surface area contributed by atoms with Gasteiger partial charge < -0.3 is 4.90 Å². The Morgan fingerprint density at radius 1 is 1.00 bits per heavy atom. The van der Waals surface area contributed by atoms with Gasteiger partial charge in [-0.1, -0.05) is 24.5 Å². The number of carbonyl (C=O) groups is 1. The van der Waals surface area contributed by atoms with Crippen LogP contribution in [0.3, 0.4) is 0 Å². The highest BCUT2D eigenvalue weighted by atomic mass is 16.2. The van der Waals surface area contributed by atoms with Crippen LogP contribution in [-0.2, 0) is 0 Å². The summed E-state index contributed by atoms with van der Waals surface area (Å²) in [6.07, 6.45) is 10.6. The van der Waals surface area contributed by atoms with E-state index in [2.05, 4.69) is 23.0 Å². The Labute approximate surface area is 171 Å². The Balaban J connectivity index is 1.58. The van der Waals surface area contributed by atoms with Crippen molar-refractivity contribution in [3.05, 3.63) is 53.6 Å². The first-order valence-electron chi connectivity index (χ1n) is 10.7. The smallest absolute Gasteiger partial charge is 0.254 e. The molecule has 5 heteroatoms. The average Bonchev–Trinajstić information content (AvgIpc) is 3.60. The van der Waals surface area contributed by atoms with Crippen molar-refractivity contribution in [3.8, 4) is 11.3 Å². The summed E-state index contributed by atoms with van der Waals surface area (Å²) in [4.78, 5) is 29.4. The van der Waals surface area contributed by atoms with Crippen LogP contribution < -0.4 is 0 Å². The molecule has 148 valence electrons.